The van der Waals surface area contributed by atoms with E-state index in [1.165, 1.54) is 0 Å². The number of carbonyl (C=O) groups is 1. The van der Waals surface area contributed by atoms with Crippen LogP contribution < -0.4 is 4.74 Å². The number of hydrogen-bond donors (Lipinski definition) is 1. The summed E-state index contributed by atoms with van der Waals surface area (Å²) >= 11 is 0. The van der Waals surface area contributed by atoms with Crippen molar-refractivity contribution in [2.75, 3.05) is 20.2 Å². The summed E-state index contributed by atoms with van der Waals surface area (Å²) in [6.07, 6.45) is 0. The summed E-state index contributed by atoms with van der Waals surface area (Å²) < 4.78 is 5.24. The lowest BCUT2D eigenvalue weighted by molar-refractivity contribution is 0.0710. The van der Waals surface area contributed by atoms with Crippen molar-refractivity contribution >= 4 is 16.8 Å². The Morgan fingerprint density at radius 1 is 1.14 bits per heavy atom. The normalized spacial score (nSPS) is 11.4. The molecule has 0 radical (unpaired) electrons. The van der Waals surface area contributed by atoms with E-state index in [9.17, 15) is 4.79 Å². The molecule has 0 fully saturated rings. The lowest BCUT2D eigenvalue weighted by atomic mass is 10.1. The molecule has 4 heteroatoms. The first-order chi connectivity index (χ1) is 10.4. The highest BCUT2D eigenvalue weighted by atomic mass is 16.5. The number of nitrogens with zero attached hydrogens (tertiary/aromatic N) is 1. The summed E-state index contributed by atoms with van der Waals surface area (Å²) in [6, 6.07) is 7.69. The standard InChI is InChI=1S/C18H26N2O2/c1-12(2)10-20(11-13(3)4)18(21)17-9-14-8-15(22-5)6-7-16(14)19-17/h6-9,12-13,19H,10-11H2,1-5H3. The highest BCUT2D eigenvalue weighted by Gasteiger charge is 2.19. The van der Waals surface area contributed by atoms with Gasteiger partial charge in [-0.2, -0.15) is 0 Å². The predicted molar refractivity (Wildman–Crippen MR) is 90.4 cm³/mol. The molecule has 22 heavy (non-hydrogen) atoms. The maximum absolute atomic E-state index is 12.8. The van der Waals surface area contributed by atoms with E-state index in [0.29, 0.717) is 17.5 Å². The predicted octanol–water partition coefficient (Wildman–Crippen LogP) is 3.93. The van der Waals surface area contributed by atoms with Crippen LogP contribution in [0.1, 0.15) is 38.2 Å². The van der Waals surface area contributed by atoms with E-state index in [1.807, 2.05) is 29.2 Å². The molecule has 2 aromatic rings. The Kier molecular flexibility index (Phi) is 5.11. The van der Waals surface area contributed by atoms with Crippen molar-refractivity contribution in [1.29, 1.82) is 0 Å². The molecular formula is C18H26N2O2. The maximum atomic E-state index is 12.8. The first-order valence-electron chi connectivity index (χ1n) is 7.86. The summed E-state index contributed by atoms with van der Waals surface area (Å²) in [4.78, 5) is 18.0. The van der Waals surface area contributed by atoms with Crippen LogP contribution in [-0.4, -0.2) is 36.0 Å². The van der Waals surface area contributed by atoms with Gasteiger partial charge in [-0.05, 0) is 36.1 Å². The Morgan fingerprint density at radius 3 is 2.32 bits per heavy atom. The zero-order valence-corrected chi connectivity index (χ0v) is 14.1. The van der Waals surface area contributed by atoms with Gasteiger partial charge in [0.2, 0.25) is 0 Å². The van der Waals surface area contributed by atoms with Crippen LogP contribution in [0.25, 0.3) is 10.9 Å². The topological polar surface area (TPSA) is 45.3 Å². The molecule has 4 nitrogen and oxygen atoms in total. The molecule has 0 saturated heterocycles. The number of hydrogen-bond acceptors (Lipinski definition) is 2. The van der Waals surface area contributed by atoms with Crippen molar-refractivity contribution < 1.29 is 9.53 Å². The van der Waals surface area contributed by atoms with Gasteiger partial charge in [-0.15, -0.1) is 0 Å². The molecule has 0 bridgehead atoms. The van der Waals surface area contributed by atoms with E-state index in [-0.39, 0.29) is 5.91 Å². The number of aromatic nitrogens is 1. The molecule has 0 atom stereocenters. The van der Waals surface area contributed by atoms with Gasteiger partial charge in [-0.1, -0.05) is 27.7 Å². The van der Waals surface area contributed by atoms with E-state index < -0.39 is 0 Å². The van der Waals surface area contributed by atoms with Gasteiger partial charge in [0, 0.05) is 24.0 Å². The van der Waals surface area contributed by atoms with Crippen LogP contribution >= 0.6 is 0 Å². The third kappa shape index (κ3) is 3.81. The largest absolute Gasteiger partial charge is 0.497 e. The van der Waals surface area contributed by atoms with Crippen LogP contribution in [0.5, 0.6) is 5.75 Å². The van der Waals surface area contributed by atoms with E-state index in [1.54, 1.807) is 7.11 Å². The zero-order valence-electron chi connectivity index (χ0n) is 14.1. The van der Waals surface area contributed by atoms with Gasteiger partial charge in [-0.3, -0.25) is 4.79 Å². The molecule has 1 amide bonds. The van der Waals surface area contributed by atoms with Gasteiger partial charge in [0.25, 0.3) is 5.91 Å². The number of methoxy groups -OCH3 is 1. The molecule has 1 aromatic heterocycles. The third-order valence-electron chi connectivity index (χ3n) is 3.52. The Labute approximate surface area is 132 Å². The fraction of sp³-hybridized carbons (Fsp3) is 0.500. The molecule has 0 spiro atoms. The fourth-order valence-electron chi connectivity index (χ4n) is 2.65. The molecule has 2 rings (SSSR count). The number of fused-ring (bicyclic) bond motifs is 1. The number of carbonyl (C=O) groups excluding carboxylic acids is 1. The van der Waals surface area contributed by atoms with Crippen LogP contribution in [0.3, 0.4) is 0 Å². The van der Waals surface area contributed by atoms with E-state index in [0.717, 1.165) is 29.7 Å². The monoisotopic (exact) mass is 302 g/mol. The molecule has 1 N–H and O–H groups in total. The second kappa shape index (κ2) is 6.86. The minimum Gasteiger partial charge on any atom is -0.497 e. The van der Waals surface area contributed by atoms with Crippen LogP contribution in [0, 0.1) is 11.8 Å². The summed E-state index contributed by atoms with van der Waals surface area (Å²) in [5.74, 6) is 1.77. The number of amides is 1. The highest BCUT2D eigenvalue weighted by Crippen LogP contribution is 2.22. The number of rotatable bonds is 6. The Balaban J connectivity index is 2.29. The minimum atomic E-state index is 0.0672. The van der Waals surface area contributed by atoms with Gasteiger partial charge >= 0.3 is 0 Å². The van der Waals surface area contributed by atoms with Crippen molar-refractivity contribution in [2.45, 2.75) is 27.7 Å². The smallest absolute Gasteiger partial charge is 0.270 e. The molecule has 0 saturated carbocycles. The number of aromatic amines is 1. The quantitative estimate of drug-likeness (QED) is 0.878. The summed E-state index contributed by atoms with van der Waals surface area (Å²) in [5, 5.41) is 0.997. The average Bonchev–Trinajstić information content (AvgIpc) is 2.87. The minimum absolute atomic E-state index is 0.0672. The van der Waals surface area contributed by atoms with Gasteiger partial charge in [0.1, 0.15) is 11.4 Å². The van der Waals surface area contributed by atoms with E-state index >= 15 is 0 Å². The lowest BCUT2D eigenvalue weighted by Gasteiger charge is -2.25. The van der Waals surface area contributed by atoms with Crippen molar-refractivity contribution in [3.8, 4) is 5.75 Å². The molecule has 0 aliphatic heterocycles. The summed E-state index contributed by atoms with van der Waals surface area (Å²) in [7, 11) is 1.65. The van der Waals surface area contributed by atoms with E-state index in [2.05, 4.69) is 32.7 Å². The molecule has 1 aromatic carbocycles. The molecule has 0 aliphatic carbocycles. The lowest BCUT2D eigenvalue weighted by Crippen LogP contribution is -2.37. The molecule has 0 unspecified atom stereocenters. The van der Waals surface area contributed by atoms with Crippen LogP contribution in [0.15, 0.2) is 24.3 Å². The number of ether oxygens (including phenoxy) is 1. The Bertz CT molecular complexity index is 634. The van der Waals surface area contributed by atoms with Crippen molar-refractivity contribution in [3.63, 3.8) is 0 Å². The zero-order chi connectivity index (χ0) is 16.3. The van der Waals surface area contributed by atoms with Crippen molar-refractivity contribution in [1.82, 2.24) is 9.88 Å². The number of H-pyrrole nitrogens is 1. The van der Waals surface area contributed by atoms with Crippen molar-refractivity contribution in [2.24, 2.45) is 11.8 Å². The van der Waals surface area contributed by atoms with Crippen molar-refractivity contribution in [3.05, 3.63) is 30.0 Å². The average molecular weight is 302 g/mol. The van der Waals surface area contributed by atoms with Crippen LogP contribution in [-0.2, 0) is 0 Å². The number of nitrogens with one attached hydrogen (secondary N) is 1. The fourth-order valence-corrected chi connectivity index (χ4v) is 2.65. The SMILES string of the molecule is COc1ccc2[nH]c(C(=O)N(CC(C)C)CC(C)C)cc2c1. The second-order valence-electron chi connectivity index (χ2n) is 6.63. The van der Waals surface area contributed by atoms with Gasteiger partial charge in [0.15, 0.2) is 0 Å². The van der Waals surface area contributed by atoms with Gasteiger partial charge < -0.3 is 14.6 Å². The van der Waals surface area contributed by atoms with Crippen LogP contribution in [0.2, 0.25) is 0 Å². The van der Waals surface area contributed by atoms with E-state index in [4.69, 9.17) is 4.74 Å². The maximum Gasteiger partial charge on any atom is 0.270 e. The molecule has 120 valence electrons. The Hall–Kier alpha value is -1.97. The highest BCUT2D eigenvalue weighted by molar-refractivity contribution is 5.98. The molecule has 0 aliphatic rings. The number of benzene rings is 1. The Morgan fingerprint density at radius 2 is 1.77 bits per heavy atom. The third-order valence-corrected chi connectivity index (χ3v) is 3.52. The summed E-state index contributed by atoms with van der Waals surface area (Å²) in [6.45, 7) is 10.1. The van der Waals surface area contributed by atoms with Gasteiger partial charge in [0.05, 0.1) is 7.11 Å². The summed E-state index contributed by atoms with van der Waals surface area (Å²) in [5.41, 5.74) is 1.60. The first kappa shape index (κ1) is 16.4. The van der Waals surface area contributed by atoms with Gasteiger partial charge in [-0.25, -0.2) is 0 Å². The molecular weight excluding hydrogens is 276 g/mol. The first-order valence-corrected chi connectivity index (χ1v) is 7.86. The second-order valence-corrected chi connectivity index (χ2v) is 6.63. The molecule has 1 heterocycles. The van der Waals surface area contributed by atoms with Crippen LogP contribution in [0.4, 0.5) is 0 Å².